The fraction of sp³-hybridized carbons (Fsp3) is 0.385. The number of methoxy groups -OCH3 is 2. The van der Waals surface area contributed by atoms with Crippen molar-refractivity contribution in [2.75, 3.05) is 53.7 Å². The third kappa shape index (κ3) is 8.44. The summed E-state index contributed by atoms with van der Waals surface area (Å²) < 4.78 is 61.0. The van der Waals surface area contributed by atoms with Gasteiger partial charge in [-0.3, -0.25) is 9.59 Å². The molecule has 4 aromatic carbocycles. The molecule has 19 heteroatoms. The van der Waals surface area contributed by atoms with E-state index in [-0.39, 0.29) is 35.4 Å². The molecule has 71 heavy (non-hydrogen) atoms. The first-order valence-electron chi connectivity index (χ1n) is 23.9. The minimum absolute atomic E-state index is 0.117. The first kappa shape index (κ1) is 46.2. The van der Waals surface area contributed by atoms with Crippen molar-refractivity contribution in [1.29, 1.82) is 0 Å². The molecule has 1 spiro atoms. The summed E-state index contributed by atoms with van der Waals surface area (Å²) in [5, 5.41) is 5.45. The minimum atomic E-state index is -3.33. The molecule has 4 aliphatic heterocycles. The summed E-state index contributed by atoms with van der Waals surface area (Å²) >= 11 is 0. The molecule has 0 bridgehead atoms. The zero-order chi connectivity index (χ0) is 49.0. The fourth-order valence-corrected chi connectivity index (χ4v) is 11.0. The number of rotatable bonds is 10. The van der Waals surface area contributed by atoms with Crippen LogP contribution in [0.4, 0.5) is 18.4 Å². The third-order valence-electron chi connectivity index (χ3n) is 14.6. The van der Waals surface area contributed by atoms with Gasteiger partial charge in [-0.15, -0.1) is 0 Å². The van der Waals surface area contributed by atoms with Gasteiger partial charge in [-0.25, -0.2) is 19.6 Å². The average molecular weight is 971 g/mol. The van der Waals surface area contributed by atoms with Gasteiger partial charge in [-0.1, -0.05) is 60.7 Å². The summed E-state index contributed by atoms with van der Waals surface area (Å²) in [5.41, 5.74) is 4.78. The number of aromatic amines is 2. The second-order valence-corrected chi connectivity index (χ2v) is 18.7. The fourth-order valence-electron chi connectivity index (χ4n) is 11.0. The van der Waals surface area contributed by atoms with Crippen LogP contribution in [-0.2, 0) is 39.2 Å². The van der Waals surface area contributed by atoms with Gasteiger partial charge in [0.05, 0.1) is 69.0 Å². The molecule has 6 heterocycles. The number of H-pyrrole nitrogens is 2. The number of hydrogen-bond acceptors (Lipinski definition) is 11. The maximum absolute atomic E-state index is 16.8. The van der Waals surface area contributed by atoms with Gasteiger partial charge in [-0.05, 0) is 83.7 Å². The van der Waals surface area contributed by atoms with Gasteiger partial charge in [0.25, 0.3) is 11.8 Å². The van der Waals surface area contributed by atoms with Gasteiger partial charge in [0.15, 0.2) is 5.79 Å². The van der Waals surface area contributed by atoms with Gasteiger partial charge in [0.2, 0.25) is 5.91 Å². The number of hydrogen-bond donors (Lipinski definition) is 4. The number of carbonyl (C=O) groups excluding carboxylic acids is 4. The molecular formula is C52H52F2N8O9. The summed E-state index contributed by atoms with van der Waals surface area (Å²) in [6.07, 6.45) is 2.95. The molecule has 1 aliphatic carbocycles. The molecule has 0 saturated carbocycles. The number of halogens is 2. The Morgan fingerprint density at radius 2 is 1.42 bits per heavy atom. The highest BCUT2D eigenvalue weighted by Gasteiger charge is 2.53. The van der Waals surface area contributed by atoms with Crippen LogP contribution in [0.5, 0.6) is 0 Å². The molecule has 4 atom stereocenters. The molecule has 17 nitrogen and oxygen atoms in total. The number of nitrogens with zero attached hydrogens (tertiary/aromatic N) is 4. The lowest BCUT2D eigenvalue weighted by Gasteiger charge is -2.34. The maximum atomic E-state index is 16.8. The molecular weight excluding hydrogens is 919 g/mol. The van der Waals surface area contributed by atoms with Gasteiger partial charge in [0.1, 0.15) is 23.7 Å². The van der Waals surface area contributed by atoms with Crippen molar-refractivity contribution in [3.05, 3.63) is 119 Å². The maximum Gasteiger partial charge on any atom is 0.407 e. The highest BCUT2D eigenvalue weighted by molar-refractivity contribution is 5.89. The number of imidazole rings is 2. The lowest BCUT2D eigenvalue weighted by atomic mass is 9.90. The van der Waals surface area contributed by atoms with Crippen molar-refractivity contribution in [1.82, 2.24) is 40.4 Å². The quantitative estimate of drug-likeness (QED) is 0.105. The van der Waals surface area contributed by atoms with Crippen molar-refractivity contribution >= 4 is 35.0 Å². The Morgan fingerprint density at radius 3 is 2.15 bits per heavy atom. The van der Waals surface area contributed by atoms with Crippen LogP contribution in [0, 0.1) is 5.92 Å². The lowest BCUT2D eigenvalue weighted by molar-refractivity contribution is -0.154. The second kappa shape index (κ2) is 18.5. The molecule has 368 valence electrons. The van der Waals surface area contributed by atoms with Crippen LogP contribution in [0.1, 0.15) is 78.6 Å². The number of fused-ring (bicyclic) bond motifs is 4. The first-order valence-corrected chi connectivity index (χ1v) is 23.9. The monoisotopic (exact) mass is 970 g/mol. The Hall–Kier alpha value is -7.22. The van der Waals surface area contributed by atoms with Gasteiger partial charge >= 0.3 is 12.2 Å². The molecule has 4 N–H and O–H groups in total. The molecule has 4 fully saturated rings. The Morgan fingerprint density at radius 1 is 0.746 bits per heavy atom. The number of amides is 4. The molecule has 6 aromatic rings. The third-order valence-corrected chi connectivity index (χ3v) is 14.6. The van der Waals surface area contributed by atoms with Gasteiger partial charge in [-0.2, -0.15) is 8.78 Å². The van der Waals surface area contributed by atoms with Crippen molar-refractivity contribution in [2.24, 2.45) is 5.92 Å². The van der Waals surface area contributed by atoms with Crippen LogP contribution in [0.3, 0.4) is 0 Å². The van der Waals surface area contributed by atoms with E-state index in [4.69, 9.17) is 28.7 Å². The molecule has 4 amide bonds. The van der Waals surface area contributed by atoms with E-state index in [1.54, 1.807) is 58.5 Å². The van der Waals surface area contributed by atoms with Crippen molar-refractivity contribution in [3.8, 4) is 33.5 Å². The number of alkyl carbamates (subject to hydrolysis) is 2. The Bertz CT molecular complexity index is 3020. The smallest absolute Gasteiger partial charge is 0.407 e. The summed E-state index contributed by atoms with van der Waals surface area (Å²) in [6, 6.07) is 21.6. The molecule has 0 unspecified atom stereocenters. The highest BCUT2D eigenvalue weighted by Crippen LogP contribution is 2.53. The largest absolute Gasteiger partial charge is 0.453 e. The molecule has 0 radical (unpaired) electrons. The predicted octanol–water partition coefficient (Wildman–Crippen LogP) is 7.67. The number of aromatic nitrogens is 4. The van der Waals surface area contributed by atoms with E-state index in [0.29, 0.717) is 127 Å². The lowest BCUT2D eigenvalue weighted by Crippen LogP contribution is -2.54. The standard InChI is InChI=1S/C52H52F2N8O9/c1-67-49(65)59-43(29-7-4-3-5-8-29)47(63)61-18-6-9-41(61)45-55-27-40(58-45)33-11-14-35-34-13-10-31(23-36(34)52(53,54)37(35)24-33)32-12-15-38-39(25-32)57-46(56-38)42-26-51(70-21-22-71-51)28-62(42)48(64)44(60-50(66)68-2)30-16-19-69-20-17-30/h3-5,7-8,10-15,23-25,27,30,41-44H,6,9,16-22,26,28H2,1-2H3,(H,55,58)(H,56,57)(H,59,65)(H,60,66)/t41-,42-,43+,44-/m0/s1. The Labute approximate surface area is 406 Å². The van der Waals surface area contributed by atoms with Crippen LogP contribution in [0.2, 0.25) is 0 Å². The summed E-state index contributed by atoms with van der Waals surface area (Å²) in [6.45, 7) is 2.26. The van der Waals surface area contributed by atoms with E-state index < -0.39 is 48.1 Å². The number of alkyl halides is 2. The zero-order valence-corrected chi connectivity index (χ0v) is 39.0. The normalized spacial score (nSPS) is 21.0. The molecule has 5 aliphatic rings. The zero-order valence-electron chi connectivity index (χ0n) is 39.0. The van der Waals surface area contributed by atoms with E-state index in [9.17, 15) is 19.2 Å². The van der Waals surface area contributed by atoms with Crippen LogP contribution < -0.4 is 10.6 Å². The number of nitrogens with one attached hydrogen (secondary N) is 4. The van der Waals surface area contributed by atoms with Crippen molar-refractivity contribution in [3.63, 3.8) is 0 Å². The topological polar surface area (TPSA) is 202 Å². The van der Waals surface area contributed by atoms with E-state index in [1.165, 1.54) is 26.4 Å². The number of ether oxygens (including phenoxy) is 5. The molecule has 2 aromatic heterocycles. The highest BCUT2D eigenvalue weighted by atomic mass is 19.3. The van der Waals surface area contributed by atoms with E-state index >= 15 is 8.78 Å². The second-order valence-electron chi connectivity index (χ2n) is 18.7. The summed E-state index contributed by atoms with van der Waals surface area (Å²) in [5.74, 6) is -4.15. The van der Waals surface area contributed by atoms with Crippen LogP contribution in [0.25, 0.3) is 44.5 Å². The van der Waals surface area contributed by atoms with Crippen molar-refractivity contribution < 1.29 is 51.6 Å². The number of likely N-dealkylation sites (tertiary alicyclic amines) is 2. The number of carbonyl (C=O) groups is 4. The first-order chi connectivity index (χ1) is 34.4. The summed E-state index contributed by atoms with van der Waals surface area (Å²) in [7, 11) is 2.50. The van der Waals surface area contributed by atoms with Crippen molar-refractivity contribution in [2.45, 2.75) is 68.0 Å². The Balaban J connectivity index is 0.836. The average Bonchev–Trinajstić information content (AvgIpc) is 4.28. The Kier molecular flexibility index (Phi) is 12.0. The summed E-state index contributed by atoms with van der Waals surface area (Å²) in [4.78, 5) is 73.1. The predicted molar refractivity (Wildman–Crippen MR) is 253 cm³/mol. The number of benzene rings is 4. The van der Waals surface area contributed by atoms with Crippen LogP contribution in [0.15, 0.2) is 91.1 Å². The van der Waals surface area contributed by atoms with Crippen LogP contribution in [-0.4, -0.2) is 119 Å². The van der Waals surface area contributed by atoms with Crippen LogP contribution >= 0.6 is 0 Å². The molecule has 4 saturated heterocycles. The van der Waals surface area contributed by atoms with E-state index in [1.807, 2.05) is 30.3 Å². The SMILES string of the molecule is COC(=O)N[C@H](C(=O)N1CC2(C[C@H]1c1nc3ccc(-c4ccc5c(c4)C(F)(F)c4cc(-c6cnc([C@@H]7CCCN7C(=O)[C@H](NC(=O)OC)c7ccccc7)[nH]6)ccc4-5)cc3[nH]1)OCCO2)C1CCOCC1. The minimum Gasteiger partial charge on any atom is -0.453 e. The van der Waals surface area contributed by atoms with Gasteiger partial charge in [0, 0.05) is 42.9 Å². The molecule has 11 rings (SSSR count). The van der Waals surface area contributed by atoms with Gasteiger partial charge < -0.3 is 54.1 Å². The van der Waals surface area contributed by atoms with E-state index in [2.05, 4.69) is 25.6 Å². The van der Waals surface area contributed by atoms with E-state index in [0.717, 1.165) is 0 Å².